The molecule has 1 aliphatic rings. The number of hydrogen-bond acceptors (Lipinski definition) is 5. The quantitative estimate of drug-likeness (QED) is 0.580. The first-order valence-electron chi connectivity index (χ1n) is 6.06. The highest BCUT2D eigenvalue weighted by Gasteiger charge is 2.34. The number of furan rings is 1. The number of carboxylic acid groups (broad SMARTS) is 1. The molecule has 21 heavy (non-hydrogen) atoms. The fourth-order valence-electron chi connectivity index (χ4n) is 2.24. The molecule has 0 spiro atoms. The van der Waals surface area contributed by atoms with Crippen LogP contribution in [0.15, 0.2) is 34.7 Å². The van der Waals surface area contributed by atoms with Gasteiger partial charge in [0.05, 0.1) is 5.56 Å². The van der Waals surface area contributed by atoms with Gasteiger partial charge >= 0.3 is 5.97 Å². The second-order valence-electron chi connectivity index (χ2n) is 4.55. The van der Waals surface area contributed by atoms with E-state index in [1.165, 1.54) is 12.1 Å². The molecule has 1 heterocycles. The van der Waals surface area contributed by atoms with Crippen LogP contribution < -0.4 is 0 Å². The highest BCUT2D eigenvalue weighted by Crippen LogP contribution is 2.29. The van der Waals surface area contributed by atoms with E-state index in [4.69, 9.17) is 9.52 Å². The number of benzene rings is 1. The Morgan fingerprint density at radius 2 is 1.62 bits per heavy atom. The second-order valence-corrected chi connectivity index (χ2v) is 4.55. The molecule has 0 saturated carbocycles. The van der Waals surface area contributed by atoms with E-state index in [0.717, 1.165) is 6.07 Å². The highest BCUT2D eigenvalue weighted by atomic mass is 16.4. The molecule has 6 heteroatoms. The standard InChI is InChI=1S/C15H8O6/c16-10(6-12(17)18)11-5-9-13(19)7-3-1-2-4-8(7)14(20)15(9)21-11/h1-5H,6H2,(H,17,18). The minimum absolute atomic E-state index is 0.00700. The minimum atomic E-state index is -1.31. The summed E-state index contributed by atoms with van der Waals surface area (Å²) >= 11 is 0. The maximum atomic E-state index is 12.3. The molecule has 1 aromatic heterocycles. The van der Waals surface area contributed by atoms with Crippen LogP contribution in [-0.2, 0) is 4.79 Å². The molecule has 0 amide bonds. The van der Waals surface area contributed by atoms with E-state index in [1.807, 2.05) is 0 Å². The summed E-state index contributed by atoms with van der Waals surface area (Å²) in [5.74, 6) is -3.52. The third-order valence-electron chi connectivity index (χ3n) is 3.19. The van der Waals surface area contributed by atoms with Gasteiger partial charge in [-0.05, 0) is 6.07 Å². The van der Waals surface area contributed by atoms with Crippen molar-refractivity contribution < 1.29 is 28.7 Å². The van der Waals surface area contributed by atoms with Crippen molar-refractivity contribution in [1.29, 1.82) is 0 Å². The summed E-state index contributed by atoms with van der Waals surface area (Å²) in [6.07, 6.45) is -0.762. The van der Waals surface area contributed by atoms with Crippen LogP contribution in [-0.4, -0.2) is 28.4 Å². The van der Waals surface area contributed by atoms with E-state index in [0.29, 0.717) is 0 Å². The van der Waals surface area contributed by atoms with E-state index in [1.54, 1.807) is 12.1 Å². The first kappa shape index (κ1) is 13.0. The van der Waals surface area contributed by atoms with Crippen molar-refractivity contribution in [3.8, 4) is 0 Å². The molecule has 2 aromatic rings. The molecular formula is C15H8O6. The van der Waals surface area contributed by atoms with E-state index in [-0.39, 0.29) is 28.2 Å². The molecule has 1 aliphatic carbocycles. The number of Topliss-reactive ketones (excluding diaryl/α,β-unsaturated/α-hetero) is 1. The van der Waals surface area contributed by atoms with E-state index < -0.39 is 29.7 Å². The minimum Gasteiger partial charge on any atom is -0.481 e. The van der Waals surface area contributed by atoms with Crippen LogP contribution >= 0.6 is 0 Å². The topological polar surface area (TPSA) is 102 Å². The third-order valence-corrected chi connectivity index (χ3v) is 3.19. The van der Waals surface area contributed by atoms with Crippen LogP contribution in [0.3, 0.4) is 0 Å². The smallest absolute Gasteiger partial charge is 0.311 e. The lowest BCUT2D eigenvalue weighted by atomic mass is 9.88. The van der Waals surface area contributed by atoms with Gasteiger partial charge in [0.25, 0.3) is 0 Å². The molecule has 0 atom stereocenters. The van der Waals surface area contributed by atoms with Crippen molar-refractivity contribution in [3.05, 3.63) is 58.5 Å². The molecule has 0 unspecified atom stereocenters. The maximum absolute atomic E-state index is 12.3. The van der Waals surface area contributed by atoms with Gasteiger partial charge < -0.3 is 9.52 Å². The summed E-state index contributed by atoms with van der Waals surface area (Å²) in [5, 5.41) is 8.60. The molecule has 104 valence electrons. The number of carboxylic acids is 1. The van der Waals surface area contributed by atoms with Crippen LogP contribution in [0.4, 0.5) is 0 Å². The first-order chi connectivity index (χ1) is 9.99. The van der Waals surface area contributed by atoms with Gasteiger partial charge in [-0.15, -0.1) is 0 Å². The number of ketones is 3. The fourth-order valence-corrected chi connectivity index (χ4v) is 2.24. The summed E-state index contributed by atoms with van der Waals surface area (Å²) in [6, 6.07) is 7.40. The van der Waals surface area contributed by atoms with Gasteiger partial charge in [0.2, 0.25) is 11.6 Å². The zero-order valence-corrected chi connectivity index (χ0v) is 10.6. The number of fused-ring (bicyclic) bond motifs is 2. The van der Waals surface area contributed by atoms with Crippen molar-refractivity contribution in [1.82, 2.24) is 0 Å². The summed E-state index contributed by atoms with van der Waals surface area (Å²) in [6.45, 7) is 0. The average Bonchev–Trinajstić information content (AvgIpc) is 2.90. The first-order valence-corrected chi connectivity index (χ1v) is 6.06. The summed E-state index contributed by atoms with van der Waals surface area (Å²) in [7, 11) is 0. The van der Waals surface area contributed by atoms with Crippen molar-refractivity contribution in [2.75, 3.05) is 0 Å². The Labute approximate surface area is 118 Å². The van der Waals surface area contributed by atoms with Crippen LogP contribution in [0.2, 0.25) is 0 Å². The lowest BCUT2D eigenvalue weighted by Gasteiger charge is -2.11. The number of rotatable bonds is 3. The van der Waals surface area contributed by atoms with Crippen LogP contribution in [0.1, 0.15) is 49.0 Å². The van der Waals surface area contributed by atoms with Gasteiger partial charge in [-0.25, -0.2) is 0 Å². The van der Waals surface area contributed by atoms with Crippen LogP contribution in [0, 0.1) is 0 Å². The summed E-state index contributed by atoms with van der Waals surface area (Å²) in [4.78, 5) is 46.7. The van der Waals surface area contributed by atoms with Crippen LogP contribution in [0.25, 0.3) is 0 Å². The predicted octanol–water partition coefficient (Wildman–Crippen LogP) is 1.71. The zero-order chi connectivity index (χ0) is 15.1. The molecule has 0 fully saturated rings. The molecule has 1 N–H and O–H groups in total. The number of hydrogen-bond donors (Lipinski definition) is 1. The molecule has 0 radical (unpaired) electrons. The van der Waals surface area contributed by atoms with Gasteiger partial charge in [-0.3, -0.25) is 19.2 Å². The Hall–Kier alpha value is -3.02. The Morgan fingerprint density at radius 3 is 2.24 bits per heavy atom. The number of aliphatic carboxylic acids is 1. The Morgan fingerprint density at radius 1 is 1.00 bits per heavy atom. The van der Waals surface area contributed by atoms with Crippen molar-refractivity contribution in [2.24, 2.45) is 0 Å². The summed E-state index contributed by atoms with van der Waals surface area (Å²) < 4.78 is 5.13. The highest BCUT2D eigenvalue weighted by molar-refractivity contribution is 6.28. The van der Waals surface area contributed by atoms with E-state index in [2.05, 4.69) is 0 Å². The van der Waals surface area contributed by atoms with E-state index in [9.17, 15) is 19.2 Å². The SMILES string of the molecule is O=C(O)CC(=O)c1cc2c(o1)C(=O)c1ccccc1C2=O. The largest absolute Gasteiger partial charge is 0.481 e. The molecule has 3 rings (SSSR count). The molecule has 6 nitrogen and oxygen atoms in total. The van der Waals surface area contributed by atoms with Gasteiger partial charge in [0.1, 0.15) is 6.42 Å². The van der Waals surface area contributed by atoms with E-state index >= 15 is 0 Å². The van der Waals surface area contributed by atoms with Crippen LogP contribution in [0.5, 0.6) is 0 Å². The van der Waals surface area contributed by atoms with Gasteiger partial charge in [-0.2, -0.15) is 0 Å². The lowest BCUT2D eigenvalue weighted by Crippen LogP contribution is -2.18. The molecule has 0 bridgehead atoms. The zero-order valence-electron chi connectivity index (χ0n) is 10.6. The average molecular weight is 284 g/mol. The lowest BCUT2D eigenvalue weighted by molar-refractivity contribution is -0.135. The maximum Gasteiger partial charge on any atom is 0.311 e. The van der Waals surface area contributed by atoms with Gasteiger partial charge in [-0.1, -0.05) is 24.3 Å². The number of carbonyl (C=O) groups is 4. The van der Waals surface area contributed by atoms with Gasteiger partial charge in [0, 0.05) is 11.1 Å². The Kier molecular flexibility index (Phi) is 2.79. The second kappa shape index (κ2) is 4.52. The third kappa shape index (κ3) is 1.97. The normalized spacial score (nSPS) is 12.8. The Balaban J connectivity index is 2.09. The Bertz CT molecular complexity index is 759. The predicted molar refractivity (Wildman–Crippen MR) is 68.6 cm³/mol. The molecular weight excluding hydrogens is 276 g/mol. The van der Waals surface area contributed by atoms with Crippen molar-refractivity contribution in [2.45, 2.75) is 6.42 Å². The molecule has 0 saturated heterocycles. The molecule has 1 aromatic carbocycles. The summed E-state index contributed by atoms with van der Waals surface area (Å²) in [5.41, 5.74) is 0.446. The van der Waals surface area contributed by atoms with Crippen molar-refractivity contribution >= 4 is 23.3 Å². The molecule has 0 aliphatic heterocycles. The van der Waals surface area contributed by atoms with Gasteiger partial charge in [0.15, 0.2) is 17.3 Å². The fraction of sp³-hybridized carbons (Fsp3) is 0.0667. The van der Waals surface area contributed by atoms with Crippen molar-refractivity contribution in [3.63, 3.8) is 0 Å². The monoisotopic (exact) mass is 284 g/mol. The number of carbonyl (C=O) groups excluding carboxylic acids is 3.